The molecule has 1 fully saturated rings. The molecule has 0 radical (unpaired) electrons. The molecular formula is C22H22ClN3O5. The SMILES string of the molecule is Cc1ccc(NC(=O)C(OC(=O)CN2C(=O)NC(C)(C)C2=O)c2ccccc2)cc1Cl. The van der Waals surface area contributed by atoms with Crippen LogP contribution in [0.4, 0.5) is 10.5 Å². The molecule has 1 atom stereocenters. The first-order valence-corrected chi connectivity index (χ1v) is 9.92. The van der Waals surface area contributed by atoms with Crippen LogP contribution in [0.5, 0.6) is 0 Å². The molecule has 162 valence electrons. The summed E-state index contributed by atoms with van der Waals surface area (Å²) in [6.07, 6.45) is -1.29. The normalized spacial score (nSPS) is 15.9. The summed E-state index contributed by atoms with van der Waals surface area (Å²) in [5.41, 5.74) is 0.609. The molecule has 1 aliphatic rings. The van der Waals surface area contributed by atoms with Crippen molar-refractivity contribution >= 4 is 41.1 Å². The topological polar surface area (TPSA) is 105 Å². The van der Waals surface area contributed by atoms with Crippen molar-refractivity contribution < 1.29 is 23.9 Å². The van der Waals surface area contributed by atoms with Crippen molar-refractivity contribution in [3.63, 3.8) is 0 Å². The molecule has 1 aliphatic heterocycles. The summed E-state index contributed by atoms with van der Waals surface area (Å²) < 4.78 is 5.39. The van der Waals surface area contributed by atoms with Crippen LogP contribution in [0, 0.1) is 6.92 Å². The Kier molecular flexibility index (Phi) is 6.31. The van der Waals surface area contributed by atoms with Crippen LogP contribution in [-0.2, 0) is 19.1 Å². The highest BCUT2D eigenvalue weighted by Gasteiger charge is 2.45. The van der Waals surface area contributed by atoms with Crippen LogP contribution >= 0.6 is 11.6 Å². The monoisotopic (exact) mass is 443 g/mol. The maximum atomic E-state index is 12.9. The number of halogens is 1. The van der Waals surface area contributed by atoms with E-state index in [0.717, 1.165) is 10.5 Å². The molecular weight excluding hydrogens is 422 g/mol. The molecule has 2 aromatic carbocycles. The first-order valence-electron chi connectivity index (χ1n) is 9.54. The van der Waals surface area contributed by atoms with Gasteiger partial charge in [0.25, 0.3) is 11.8 Å². The van der Waals surface area contributed by atoms with Crippen molar-refractivity contribution in [3.8, 4) is 0 Å². The summed E-state index contributed by atoms with van der Waals surface area (Å²) in [6, 6.07) is 12.8. The third kappa shape index (κ3) is 5.03. The Balaban J connectivity index is 1.77. The highest BCUT2D eigenvalue weighted by molar-refractivity contribution is 6.31. The molecule has 2 N–H and O–H groups in total. The van der Waals surface area contributed by atoms with Crippen molar-refractivity contribution in [1.29, 1.82) is 0 Å². The minimum Gasteiger partial charge on any atom is -0.446 e. The zero-order valence-electron chi connectivity index (χ0n) is 17.3. The van der Waals surface area contributed by atoms with Crippen molar-refractivity contribution in [2.45, 2.75) is 32.4 Å². The average Bonchev–Trinajstić information content (AvgIpc) is 2.91. The summed E-state index contributed by atoms with van der Waals surface area (Å²) in [7, 11) is 0. The molecule has 1 saturated heterocycles. The number of anilines is 1. The van der Waals surface area contributed by atoms with E-state index in [1.165, 1.54) is 13.8 Å². The van der Waals surface area contributed by atoms with Crippen molar-refractivity contribution in [1.82, 2.24) is 10.2 Å². The van der Waals surface area contributed by atoms with Crippen molar-refractivity contribution in [2.24, 2.45) is 0 Å². The van der Waals surface area contributed by atoms with Gasteiger partial charge in [0.15, 0.2) is 0 Å². The van der Waals surface area contributed by atoms with E-state index in [-0.39, 0.29) is 0 Å². The van der Waals surface area contributed by atoms with E-state index in [2.05, 4.69) is 10.6 Å². The van der Waals surface area contributed by atoms with Gasteiger partial charge in [-0.2, -0.15) is 0 Å². The Morgan fingerprint density at radius 3 is 2.42 bits per heavy atom. The number of nitrogens with one attached hydrogen (secondary N) is 2. The number of imide groups is 1. The lowest BCUT2D eigenvalue weighted by atomic mass is 10.1. The molecule has 0 aliphatic carbocycles. The summed E-state index contributed by atoms with van der Waals surface area (Å²) in [6.45, 7) is 4.29. The van der Waals surface area contributed by atoms with Gasteiger partial charge in [-0.25, -0.2) is 4.79 Å². The fraction of sp³-hybridized carbons (Fsp3) is 0.273. The number of rotatable bonds is 6. The van der Waals surface area contributed by atoms with E-state index < -0.39 is 42.0 Å². The number of aryl methyl sites for hydroxylation is 1. The van der Waals surface area contributed by atoms with Gasteiger partial charge in [0, 0.05) is 16.3 Å². The van der Waals surface area contributed by atoms with Crippen molar-refractivity contribution in [3.05, 3.63) is 64.7 Å². The van der Waals surface area contributed by atoms with Gasteiger partial charge < -0.3 is 15.4 Å². The quantitative estimate of drug-likeness (QED) is 0.527. The molecule has 1 unspecified atom stereocenters. The summed E-state index contributed by atoms with van der Waals surface area (Å²) in [5.74, 6) is -2.05. The first-order chi connectivity index (χ1) is 14.6. The third-order valence-electron chi connectivity index (χ3n) is 4.76. The smallest absolute Gasteiger partial charge is 0.327 e. The molecule has 1 heterocycles. The molecule has 31 heavy (non-hydrogen) atoms. The number of ether oxygens (including phenoxy) is 1. The number of carbonyl (C=O) groups excluding carboxylic acids is 4. The predicted octanol–water partition coefficient (Wildman–Crippen LogP) is 3.20. The third-order valence-corrected chi connectivity index (χ3v) is 5.17. The van der Waals surface area contributed by atoms with Gasteiger partial charge >= 0.3 is 12.0 Å². The minimum atomic E-state index is -1.29. The molecule has 0 aromatic heterocycles. The first kappa shape index (κ1) is 22.3. The van der Waals surface area contributed by atoms with E-state index in [1.807, 2.05) is 6.92 Å². The second-order valence-corrected chi connectivity index (χ2v) is 8.09. The van der Waals surface area contributed by atoms with Gasteiger partial charge in [-0.1, -0.05) is 48.0 Å². The van der Waals surface area contributed by atoms with Crippen LogP contribution in [0.3, 0.4) is 0 Å². The second-order valence-electron chi connectivity index (χ2n) is 7.68. The van der Waals surface area contributed by atoms with E-state index >= 15 is 0 Å². The molecule has 0 saturated carbocycles. The standard InChI is InChI=1S/C22H22ClN3O5/c1-13-9-10-15(11-16(13)23)24-19(28)18(14-7-5-4-6-8-14)31-17(27)12-26-20(29)22(2,3)25-21(26)30/h4-11,18H,12H2,1-3H3,(H,24,28)(H,25,30). The largest absolute Gasteiger partial charge is 0.446 e. The van der Waals surface area contributed by atoms with Gasteiger partial charge in [-0.15, -0.1) is 0 Å². The van der Waals surface area contributed by atoms with Crippen LogP contribution in [-0.4, -0.2) is 40.8 Å². The molecule has 0 spiro atoms. The molecule has 2 aromatic rings. The molecule has 0 bridgehead atoms. The highest BCUT2D eigenvalue weighted by Crippen LogP contribution is 2.24. The lowest BCUT2D eigenvalue weighted by Gasteiger charge is -2.20. The highest BCUT2D eigenvalue weighted by atomic mass is 35.5. The number of carbonyl (C=O) groups is 4. The number of amides is 4. The van der Waals surface area contributed by atoms with Crippen LogP contribution in [0.25, 0.3) is 0 Å². The zero-order valence-corrected chi connectivity index (χ0v) is 18.0. The number of urea groups is 1. The summed E-state index contributed by atoms with van der Waals surface area (Å²) in [4.78, 5) is 50.6. The Morgan fingerprint density at radius 1 is 1.16 bits per heavy atom. The molecule has 8 nitrogen and oxygen atoms in total. The average molecular weight is 444 g/mol. The summed E-state index contributed by atoms with van der Waals surface area (Å²) >= 11 is 6.11. The van der Waals surface area contributed by atoms with Gasteiger partial charge in [-0.3, -0.25) is 19.3 Å². The van der Waals surface area contributed by atoms with E-state index in [9.17, 15) is 19.2 Å². The van der Waals surface area contributed by atoms with E-state index in [4.69, 9.17) is 16.3 Å². The van der Waals surface area contributed by atoms with Crippen LogP contribution in [0.1, 0.15) is 31.1 Å². The summed E-state index contributed by atoms with van der Waals surface area (Å²) in [5, 5.41) is 5.64. The maximum Gasteiger partial charge on any atom is 0.327 e. The van der Waals surface area contributed by atoms with Gasteiger partial charge in [0.1, 0.15) is 12.1 Å². The fourth-order valence-corrected chi connectivity index (χ4v) is 3.22. The van der Waals surface area contributed by atoms with Crippen LogP contribution in [0.2, 0.25) is 5.02 Å². The van der Waals surface area contributed by atoms with Crippen LogP contribution < -0.4 is 10.6 Å². The predicted molar refractivity (Wildman–Crippen MR) is 114 cm³/mol. The number of hydrogen-bond acceptors (Lipinski definition) is 5. The Morgan fingerprint density at radius 2 is 1.84 bits per heavy atom. The Labute approximate surface area is 184 Å². The van der Waals surface area contributed by atoms with E-state index in [1.54, 1.807) is 48.5 Å². The fourth-order valence-electron chi connectivity index (χ4n) is 3.04. The van der Waals surface area contributed by atoms with Gasteiger partial charge in [-0.05, 0) is 38.5 Å². The van der Waals surface area contributed by atoms with Crippen LogP contribution in [0.15, 0.2) is 48.5 Å². The van der Waals surface area contributed by atoms with Crippen molar-refractivity contribution in [2.75, 3.05) is 11.9 Å². The lowest BCUT2D eigenvalue weighted by Crippen LogP contribution is -2.41. The van der Waals surface area contributed by atoms with Gasteiger partial charge in [0.2, 0.25) is 6.10 Å². The number of benzene rings is 2. The number of hydrogen-bond donors (Lipinski definition) is 2. The molecule has 3 rings (SSSR count). The van der Waals surface area contributed by atoms with E-state index in [0.29, 0.717) is 16.3 Å². The van der Waals surface area contributed by atoms with Gasteiger partial charge in [0.05, 0.1) is 0 Å². The molecule has 4 amide bonds. The Bertz CT molecular complexity index is 1040. The lowest BCUT2D eigenvalue weighted by molar-refractivity contribution is -0.156. The zero-order chi connectivity index (χ0) is 22.8. The number of nitrogens with zero attached hydrogens (tertiary/aromatic N) is 1. The Hall–Kier alpha value is -3.39. The number of esters is 1. The molecule has 9 heteroatoms. The minimum absolute atomic E-state index is 0.434. The second kappa shape index (κ2) is 8.77. The maximum absolute atomic E-state index is 12.9.